The van der Waals surface area contributed by atoms with Crippen LogP contribution in [0.25, 0.3) is 0 Å². The zero-order valence-corrected chi connectivity index (χ0v) is 8.12. The van der Waals surface area contributed by atoms with Crippen molar-refractivity contribution in [3.05, 3.63) is 0 Å². The molecule has 1 unspecified atom stereocenters. The van der Waals surface area contributed by atoms with E-state index in [0.717, 1.165) is 6.42 Å². The summed E-state index contributed by atoms with van der Waals surface area (Å²) in [4.78, 5) is 0. The fourth-order valence-electron chi connectivity index (χ4n) is 1.68. The van der Waals surface area contributed by atoms with E-state index in [4.69, 9.17) is 0 Å². The van der Waals surface area contributed by atoms with Crippen LogP contribution in [0, 0.1) is 11.3 Å². The van der Waals surface area contributed by atoms with Crippen LogP contribution in [0.5, 0.6) is 0 Å². The lowest BCUT2D eigenvalue weighted by atomic mass is 9.76. The Hall–Kier alpha value is -0.120. The Kier molecular flexibility index (Phi) is 2.76. The molecule has 3 heteroatoms. The first-order valence-corrected chi connectivity index (χ1v) is 4.51. The molecule has 1 rings (SSSR count). The summed E-state index contributed by atoms with van der Waals surface area (Å²) in [6, 6.07) is 0. The van der Waals surface area contributed by atoms with Gasteiger partial charge in [-0.05, 0) is 17.8 Å². The van der Waals surface area contributed by atoms with Gasteiger partial charge in [0.15, 0.2) is 0 Å². The molecule has 1 aliphatic rings. The largest absolute Gasteiger partial charge is 0.392 e. The van der Waals surface area contributed by atoms with Gasteiger partial charge in [-0.3, -0.25) is 0 Å². The molecule has 0 saturated carbocycles. The quantitative estimate of drug-likeness (QED) is 0.576. The second kappa shape index (κ2) is 3.32. The van der Waals surface area contributed by atoms with E-state index in [1.807, 2.05) is 0 Å². The number of rotatable bonds is 0. The van der Waals surface area contributed by atoms with Gasteiger partial charge in [-0.25, -0.2) is 0 Å². The summed E-state index contributed by atoms with van der Waals surface area (Å²) in [7, 11) is 0. The molecular weight excluding hydrogens is 154 g/mol. The molecule has 0 amide bonds. The van der Waals surface area contributed by atoms with Crippen molar-refractivity contribution >= 4 is 0 Å². The molecule has 12 heavy (non-hydrogen) atoms. The molecule has 72 valence electrons. The van der Waals surface area contributed by atoms with Gasteiger partial charge in [-0.1, -0.05) is 20.8 Å². The third-order valence-electron chi connectivity index (χ3n) is 2.63. The first-order valence-electron chi connectivity index (χ1n) is 4.51. The molecule has 0 radical (unpaired) electrons. The third-order valence-corrected chi connectivity index (χ3v) is 2.63. The number of piperidine rings is 1. The van der Waals surface area contributed by atoms with Crippen LogP contribution in [0.4, 0.5) is 0 Å². The summed E-state index contributed by atoms with van der Waals surface area (Å²) in [5, 5.41) is 19.9. The zero-order valence-electron chi connectivity index (χ0n) is 8.12. The summed E-state index contributed by atoms with van der Waals surface area (Å²) >= 11 is 0. The fraction of sp³-hybridized carbons (Fsp3) is 1.00. The Bertz CT molecular complexity index is 143. The minimum absolute atomic E-state index is 0.169. The first kappa shape index (κ1) is 9.96. The summed E-state index contributed by atoms with van der Waals surface area (Å²) in [5.74, 6) is 0.381. The van der Waals surface area contributed by atoms with E-state index in [9.17, 15) is 10.3 Å². The molecule has 2 atom stereocenters. The number of aliphatic hydroxyl groups is 1. The molecule has 0 aromatic rings. The molecule has 0 spiro atoms. The van der Waals surface area contributed by atoms with Gasteiger partial charge in [0, 0.05) is 13.1 Å². The Morgan fingerprint density at radius 3 is 2.25 bits per heavy atom. The summed E-state index contributed by atoms with van der Waals surface area (Å²) in [6.45, 7) is 7.50. The fourth-order valence-corrected chi connectivity index (χ4v) is 1.68. The molecule has 1 heterocycles. The zero-order chi connectivity index (χ0) is 9.35. The maximum absolute atomic E-state index is 9.41. The molecule has 2 N–H and O–H groups in total. The minimum atomic E-state index is -0.368. The topological polar surface area (TPSA) is 43.7 Å². The van der Waals surface area contributed by atoms with E-state index in [2.05, 4.69) is 20.8 Å². The number of hydroxylamine groups is 2. The molecule has 0 bridgehead atoms. The van der Waals surface area contributed by atoms with Crippen molar-refractivity contribution in [1.82, 2.24) is 5.06 Å². The van der Waals surface area contributed by atoms with Crippen molar-refractivity contribution in [3.8, 4) is 0 Å². The highest BCUT2D eigenvalue weighted by molar-refractivity contribution is 4.82. The molecule has 0 aliphatic carbocycles. The van der Waals surface area contributed by atoms with Crippen LogP contribution in [0.2, 0.25) is 0 Å². The van der Waals surface area contributed by atoms with Gasteiger partial charge in [-0.15, -0.1) is 0 Å². The van der Waals surface area contributed by atoms with Crippen molar-refractivity contribution in [2.45, 2.75) is 33.3 Å². The second-order valence-corrected chi connectivity index (χ2v) is 4.82. The van der Waals surface area contributed by atoms with E-state index in [1.54, 1.807) is 0 Å². The van der Waals surface area contributed by atoms with Crippen LogP contribution < -0.4 is 0 Å². The highest BCUT2D eigenvalue weighted by Crippen LogP contribution is 2.32. The van der Waals surface area contributed by atoms with E-state index >= 15 is 0 Å². The van der Waals surface area contributed by atoms with Gasteiger partial charge in [-0.2, -0.15) is 5.06 Å². The Morgan fingerprint density at radius 1 is 1.25 bits per heavy atom. The molecule has 0 aromatic carbocycles. The predicted molar refractivity (Wildman–Crippen MR) is 46.9 cm³/mol. The van der Waals surface area contributed by atoms with Crippen molar-refractivity contribution < 1.29 is 10.3 Å². The van der Waals surface area contributed by atoms with E-state index in [0.29, 0.717) is 19.0 Å². The van der Waals surface area contributed by atoms with Crippen LogP contribution in [0.1, 0.15) is 27.2 Å². The molecule has 1 aliphatic heterocycles. The Balaban J connectivity index is 2.55. The van der Waals surface area contributed by atoms with Crippen LogP contribution >= 0.6 is 0 Å². The van der Waals surface area contributed by atoms with Gasteiger partial charge in [0.1, 0.15) is 0 Å². The molecule has 3 nitrogen and oxygen atoms in total. The SMILES string of the molecule is CC(C)(C)[C@H]1CC(O)CN(O)C1. The summed E-state index contributed by atoms with van der Waals surface area (Å²) < 4.78 is 0. The van der Waals surface area contributed by atoms with Gasteiger partial charge in [0.2, 0.25) is 0 Å². The average molecular weight is 173 g/mol. The molecule has 0 aromatic heterocycles. The number of hydrogen-bond donors (Lipinski definition) is 2. The normalized spacial score (nSPS) is 33.8. The van der Waals surface area contributed by atoms with Crippen molar-refractivity contribution in [2.24, 2.45) is 11.3 Å². The Labute approximate surface area is 74.0 Å². The van der Waals surface area contributed by atoms with Crippen LogP contribution in [0.15, 0.2) is 0 Å². The van der Waals surface area contributed by atoms with E-state index in [-0.39, 0.29) is 11.5 Å². The number of nitrogens with zero attached hydrogens (tertiary/aromatic N) is 1. The van der Waals surface area contributed by atoms with Crippen molar-refractivity contribution in [3.63, 3.8) is 0 Å². The van der Waals surface area contributed by atoms with E-state index < -0.39 is 0 Å². The van der Waals surface area contributed by atoms with Crippen molar-refractivity contribution in [1.29, 1.82) is 0 Å². The number of aliphatic hydroxyl groups excluding tert-OH is 1. The van der Waals surface area contributed by atoms with Crippen LogP contribution in [-0.2, 0) is 0 Å². The molecular formula is C9H19NO2. The van der Waals surface area contributed by atoms with Gasteiger partial charge in [0.05, 0.1) is 6.10 Å². The number of hydrogen-bond acceptors (Lipinski definition) is 3. The standard InChI is InChI=1S/C9H19NO2/c1-9(2,3)7-4-8(11)6-10(12)5-7/h7-8,11-12H,4-6H2,1-3H3/t7-,8?/m0/s1. The van der Waals surface area contributed by atoms with Gasteiger partial charge >= 0.3 is 0 Å². The predicted octanol–water partition coefficient (Wildman–Crippen LogP) is 1.10. The average Bonchev–Trinajstić information content (AvgIpc) is 1.82. The van der Waals surface area contributed by atoms with Gasteiger partial charge < -0.3 is 10.3 Å². The van der Waals surface area contributed by atoms with Crippen molar-refractivity contribution in [2.75, 3.05) is 13.1 Å². The summed E-state index contributed by atoms with van der Waals surface area (Å²) in [6.07, 6.45) is 0.438. The molecule has 1 fully saturated rings. The lowest BCUT2D eigenvalue weighted by molar-refractivity contribution is -0.159. The highest BCUT2D eigenvalue weighted by atomic mass is 16.5. The van der Waals surface area contributed by atoms with Crippen LogP contribution in [-0.4, -0.2) is 34.6 Å². The lowest BCUT2D eigenvalue weighted by Gasteiger charge is -2.39. The number of β-amino-alcohol motifs (C(OH)–C–C–N with tert-alkyl or cyclic N) is 1. The maximum Gasteiger partial charge on any atom is 0.0693 e. The second-order valence-electron chi connectivity index (χ2n) is 4.82. The monoisotopic (exact) mass is 173 g/mol. The van der Waals surface area contributed by atoms with Crippen LogP contribution in [0.3, 0.4) is 0 Å². The van der Waals surface area contributed by atoms with Gasteiger partial charge in [0.25, 0.3) is 0 Å². The first-order chi connectivity index (χ1) is 5.39. The smallest absolute Gasteiger partial charge is 0.0693 e. The minimum Gasteiger partial charge on any atom is -0.392 e. The highest BCUT2D eigenvalue weighted by Gasteiger charge is 2.32. The lowest BCUT2D eigenvalue weighted by Crippen LogP contribution is -2.45. The molecule has 1 saturated heterocycles. The third kappa shape index (κ3) is 2.44. The Morgan fingerprint density at radius 2 is 1.83 bits per heavy atom. The summed E-state index contributed by atoms with van der Waals surface area (Å²) in [5.41, 5.74) is 0.169. The maximum atomic E-state index is 9.41. The van der Waals surface area contributed by atoms with E-state index in [1.165, 1.54) is 5.06 Å².